The van der Waals surface area contributed by atoms with Gasteiger partial charge in [-0.25, -0.2) is 8.78 Å². The summed E-state index contributed by atoms with van der Waals surface area (Å²) in [4.78, 5) is 13.7. The smallest absolute Gasteiger partial charge is 0.254 e. The lowest BCUT2D eigenvalue weighted by molar-refractivity contribution is 0.0783. The van der Waals surface area contributed by atoms with Gasteiger partial charge in [0.25, 0.3) is 5.91 Å². The van der Waals surface area contributed by atoms with E-state index < -0.39 is 17.5 Å². The summed E-state index contributed by atoms with van der Waals surface area (Å²) in [7, 11) is 1.57. The van der Waals surface area contributed by atoms with Crippen molar-refractivity contribution in [2.75, 3.05) is 20.3 Å². The Hall–Kier alpha value is -2.63. The van der Waals surface area contributed by atoms with E-state index in [9.17, 15) is 13.6 Å². The van der Waals surface area contributed by atoms with E-state index in [1.165, 1.54) is 4.90 Å². The van der Waals surface area contributed by atoms with E-state index in [0.29, 0.717) is 24.7 Å². The molecular weight excluding hydrogens is 304 g/mol. The number of halogens is 2. The summed E-state index contributed by atoms with van der Waals surface area (Å²) in [6.07, 6.45) is 0. The first kappa shape index (κ1) is 15.3. The second kappa shape index (κ2) is 6.24. The molecule has 0 saturated heterocycles. The Morgan fingerprint density at radius 2 is 1.70 bits per heavy atom. The van der Waals surface area contributed by atoms with E-state index in [4.69, 9.17) is 9.47 Å². The minimum atomic E-state index is -0.777. The molecule has 1 heterocycles. The highest BCUT2D eigenvalue weighted by molar-refractivity contribution is 5.94. The van der Waals surface area contributed by atoms with Crippen LogP contribution in [0, 0.1) is 11.6 Å². The zero-order chi connectivity index (χ0) is 16.4. The number of carbonyl (C=O) groups excluding carboxylic acids is 1. The zero-order valence-electron chi connectivity index (χ0n) is 12.5. The molecule has 2 aromatic rings. The molecule has 23 heavy (non-hydrogen) atoms. The van der Waals surface area contributed by atoms with Gasteiger partial charge in [0.15, 0.2) is 11.5 Å². The summed E-state index contributed by atoms with van der Waals surface area (Å²) in [5.41, 5.74) is 0.810. The number of ether oxygens (including phenoxy) is 2. The monoisotopic (exact) mass is 319 g/mol. The van der Waals surface area contributed by atoms with Gasteiger partial charge in [-0.1, -0.05) is 6.07 Å². The molecule has 0 spiro atoms. The van der Waals surface area contributed by atoms with Crippen molar-refractivity contribution in [2.24, 2.45) is 0 Å². The fourth-order valence-electron chi connectivity index (χ4n) is 2.43. The summed E-state index contributed by atoms with van der Waals surface area (Å²) in [6.45, 7) is 1.28. The van der Waals surface area contributed by atoms with Crippen LogP contribution in [0.5, 0.6) is 11.5 Å². The van der Waals surface area contributed by atoms with Gasteiger partial charge in [-0.3, -0.25) is 4.79 Å². The van der Waals surface area contributed by atoms with Crippen molar-refractivity contribution in [1.29, 1.82) is 0 Å². The molecule has 120 valence electrons. The molecule has 3 rings (SSSR count). The summed E-state index contributed by atoms with van der Waals surface area (Å²) < 4.78 is 37.4. The number of carbonyl (C=O) groups is 1. The molecule has 4 nitrogen and oxygen atoms in total. The minimum absolute atomic E-state index is 0.0254. The van der Waals surface area contributed by atoms with Crippen molar-refractivity contribution in [3.05, 3.63) is 59.2 Å². The van der Waals surface area contributed by atoms with Crippen LogP contribution in [0.3, 0.4) is 0 Å². The van der Waals surface area contributed by atoms with Gasteiger partial charge in [0.2, 0.25) is 0 Å². The SMILES string of the molecule is CN(Cc1ccc2c(c1)OCCO2)C(=O)c1cc(F)cc(F)c1. The van der Waals surface area contributed by atoms with Crippen LogP contribution in [0.4, 0.5) is 8.78 Å². The maximum absolute atomic E-state index is 13.2. The Bertz CT molecular complexity index is 728. The van der Waals surface area contributed by atoms with Crippen LogP contribution in [0.1, 0.15) is 15.9 Å². The van der Waals surface area contributed by atoms with Gasteiger partial charge in [-0.15, -0.1) is 0 Å². The number of hydrogen-bond acceptors (Lipinski definition) is 3. The third-order valence-corrected chi connectivity index (χ3v) is 3.48. The van der Waals surface area contributed by atoms with Gasteiger partial charge < -0.3 is 14.4 Å². The van der Waals surface area contributed by atoms with Crippen molar-refractivity contribution in [1.82, 2.24) is 4.90 Å². The van der Waals surface area contributed by atoms with Crippen LogP contribution < -0.4 is 9.47 Å². The van der Waals surface area contributed by atoms with E-state index in [-0.39, 0.29) is 12.1 Å². The van der Waals surface area contributed by atoms with Crippen molar-refractivity contribution in [3.8, 4) is 11.5 Å². The van der Waals surface area contributed by atoms with Crippen LogP contribution in [0.15, 0.2) is 36.4 Å². The molecule has 0 N–H and O–H groups in total. The lowest BCUT2D eigenvalue weighted by atomic mass is 10.1. The van der Waals surface area contributed by atoms with Gasteiger partial charge in [0.05, 0.1) is 0 Å². The summed E-state index contributed by atoms with van der Waals surface area (Å²) in [5, 5.41) is 0. The van der Waals surface area contributed by atoms with E-state index in [2.05, 4.69) is 0 Å². The molecular formula is C17H15F2NO3. The fourth-order valence-corrected chi connectivity index (χ4v) is 2.43. The molecule has 0 aliphatic carbocycles. The van der Waals surface area contributed by atoms with Gasteiger partial charge in [-0.05, 0) is 29.8 Å². The average molecular weight is 319 g/mol. The summed E-state index contributed by atoms with van der Waals surface area (Å²) >= 11 is 0. The standard InChI is InChI=1S/C17H15F2NO3/c1-20(17(21)12-7-13(18)9-14(19)8-12)10-11-2-3-15-16(6-11)23-5-4-22-15/h2-3,6-9H,4-5,10H2,1H3. The number of fused-ring (bicyclic) bond motifs is 1. The highest BCUT2D eigenvalue weighted by Crippen LogP contribution is 2.31. The van der Waals surface area contributed by atoms with Crippen molar-refractivity contribution < 1.29 is 23.0 Å². The molecule has 2 aromatic carbocycles. The van der Waals surface area contributed by atoms with E-state index in [0.717, 1.165) is 23.8 Å². The van der Waals surface area contributed by atoms with Crippen molar-refractivity contribution in [3.63, 3.8) is 0 Å². The fraction of sp³-hybridized carbons (Fsp3) is 0.235. The first-order valence-electron chi connectivity index (χ1n) is 7.13. The van der Waals surface area contributed by atoms with Crippen LogP contribution in [-0.4, -0.2) is 31.1 Å². The number of rotatable bonds is 3. The molecule has 0 aromatic heterocycles. The zero-order valence-corrected chi connectivity index (χ0v) is 12.5. The highest BCUT2D eigenvalue weighted by atomic mass is 19.1. The number of amides is 1. The lowest BCUT2D eigenvalue weighted by Gasteiger charge is -2.21. The average Bonchev–Trinajstić information content (AvgIpc) is 2.53. The quantitative estimate of drug-likeness (QED) is 0.873. The molecule has 0 unspecified atom stereocenters. The molecule has 1 aliphatic rings. The molecule has 0 radical (unpaired) electrons. The molecule has 1 aliphatic heterocycles. The van der Waals surface area contributed by atoms with Crippen LogP contribution in [-0.2, 0) is 6.54 Å². The molecule has 6 heteroatoms. The maximum atomic E-state index is 13.2. The van der Waals surface area contributed by atoms with E-state index in [1.54, 1.807) is 19.2 Å². The minimum Gasteiger partial charge on any atom is -0.486 e. The van der Waals surface area contributed by atoms with Gasteiger partial charge in [0.1, 0.15) is 24.8 Å². The predicted molar refractivity (Wildman–Crippen MR) is 79.6 cm³/mol. The third kappa shape index (κ3) is 3.41. The first-order chi connectivity index (χ1) is 11.0. The normalized spacial score (nSPS) is 12.8. The van der Waals surface area contributed by atoms with Crippen LogP contribution >= 0.6 is 0 Å². The van der Waals surface area contributed by atoms with Crippen LogP contribution in [0.25, 0.3) is 0 Å². The lowest BCUT2D eigenvalue weighted by Crippen LogP contribution is -2.26. The molecule has 0 fully saturated rings. The Kier molecular flexibility index (Phi) is 4.14. The Morgan fingerprint density at radius 3 is 2.39 bits per heavy atom. The van der Waals surface area contributed by atoms with Gasteiger partial charge in [-0.2, -0.15) is 0 Å². The number of benzene rings is 2. The van der Waals surface area contributed by atoms with E-state index >= 15 is 0 Å². The van der Waals surface area contributed by atoms with Gasteiger partial charge >= 0.3 is 0 Å². The Labute approximate surface area is 132 Å². The predicted octanol–water partition coefficient (Wildman–Crippen LogP) is 3.01. The molecule has 0 atom stereocenters. The van der Waals surface area contributed by atoms with Crippen LogP contribution in [0.2, 0.25) is 0 Å². The van der Waals surface area contributed by atoms with Crippen molar-refractivity contribution in [2.45, 2.75) is 6.54 Å². The first-order valence-corrected chi connectivity index (χ1v) is 7.13. The van der Waals surface area contributed by atoms with Crippen molar-refractivity contribution >= 4 is 5.91 Å². The molecule has 0 bridgehead atoms. The summed E-state index contributed by atoms with van der Waals surface area (Å²) in [6, 6.07) is 8.17. The molecule has 0 saturated carbocycles. The molecule has 1 amide bonds. The third-order valence-electron chi connectivity index (χ3n) is 3.48. The second-order valence-corrected chi connectivity index (χ2v) is 5.30. The number of nitrogens with zero attached hydrogens (tertiary/aromatic N) is 1. The largest absolute Gasteiger partial charge is 0.486 e. The topological polar surface area (TPSA) is 38.8 Å². The van der Waals surface area contributed by atoms with E-state index in [1.807, 2.05) is 6.07 Å². The Balaban J connectivity index is 1.75. The van der Waals surface area contributed by atoms with Gasteiger partial charge in [0, 0.05) is 25.2 Å². The number of hydrogen-bond donors (Lipinski definition) is 0. The summed E-state index contributed by atoms with van der Waals surface area (Å²) in [5.74, 6) is -0.715. The Morgan fingerprint density at radius 1 is 1.04 bits per heavy atom. The second-order valence-electron chi connectivity index (χ2n) is 5.30. The maximum Gasteiger partial charge on any atom is 0.254 e. The highest BCUT2D eigenvalue weighted by Gasteiger charge is 2.16.